The zero-order chi connectivity index (χ0) is 11.1. The largest absolute Gasteiger partial charge is 0.382 e. The van der Waals surface area contributed by atoms with Crippen molar-refractivity contribution in [2.24, 2.45) is 5.92 Å². The third-order valence-electron chi connectivity index (χ3n) is 3.66. The van der Waals surface area contributed by atoms with Crippen molar-refractivity contribution in [2.75, 3.05) is 13.7 Å². The molecule has 2 atom stereocenters. The van der Waals surface area contributed by atoms with Crippen molar-refractivity contribution in [3.8, 4) is 0 Å². The summed E-state index contributed by atoms with van der Waals surface area (Å²) in [5.41, 5.74) is 0. The van der Waals surface area contributed by atoms with E-state index >= 15 is 0 Å². The third kappa shape index (κ3) is 4.52. The lowest BCUT2D eigenvalue weighted by Gasteiger charge is -2.35. The zero-order valence-corrected chi connectivity index (χ0v) is 10.6. The third-order valence-corrected chi connectivity index (χ3v) is 3.66. The summed E-state index contributed by atoms with van der Waals surface area (Å²) in [4.78, 5) is 0. The molecule has 0 spiro atoms. The van der Waals surface area contributed by atoms with E-state index in [4.69, 9.17) is 4.74 Å². The van der Waals surface area contributed by atoms with Gasteiger partial charge in [-0.05, 0) is 51.5 Å². The van der Waals surface area contributed by atoms with Gasteiger partial charge in [-0.1, -0.05) is 13.3 Å². The van der Waals surface area contributed by atoms with Crippen LogP contribution >= 0.6 is 0 Å². The van der Waals surface area contributed by atoms with E-state index in [9.17, 15) is 0 Å². The first kappa shape index (κ1) is 13.0. The minimum absolute atomic E-state index is 0.413. The number of rotatable bonds is 8. The summed E-state index contributed by atoms with van der Waals surface area (Å²) in [6.07, 6.45) is 8.42. The second-order valence-electron chi connectivity index (χ2n) is 4.88. The van der Waals surface area contributed by atoms with E-state index in [-0.39, 0.29) is 0 Å². The van der Waals surface area contributed by atoms with E-state index in [1.54, 1.807) is 0 Å². The Kier molecular flexibility index (Phi) is 6.26. The highest BCUT2D eigenvalue weighted by atomic mass is 16.5. The first-order chi connectivity index (χ1) is 7.27. The van der Waals surface area contributed by atoms with Crippen LogP contribution in [0.3, 0.4) is 0 Å². The molecule has 1 saturated carbocycles. The first-order valence-electron chi connectivity index (χ1n) is 6.54. The fourth-order valence-corrected chi connectivity index (χ4v) is 2.21. The van der Waals surface area contributed by atoms with Crippen molar-refractivity contribution in [2.45, 2.75) is 64.5 Å². The maximum absolute atomic E-state index is 5.31. The highest BCUT2D eigenvalue weighted by Crippen LogP contribution is 2.31. The van der Waals surface area contributed by atoms with Crippen LogP contribution in [0.15, 0.2) is 0 Å². The normalized spacial score (nSPS) is 21.0. The van der Waals surface area contributed by atoms with Gasteiger partial charge in [0, 0.05) is 13.2 Å². The standard InChI is InChI=1S/C13H27NO/c1-4-10-14-13(12-6-5-7-12)9-8-11(2)15-3/h11-14H,4-10H2,1-3H3. The topological polar surface area (TPSA) is 21.3 Å². The van der Waals surface area contributed by atoms with E-state index in [1.165, 1.54) is 45.1 Å². The molecule has 15 heavy (non-hydrogen) atoms. The van der Waals surface area contributed by atoms with E-state index in [0.717, 1.165) is 12.0 Å². The fraction of sp³-hybridized carbons (Fsp3) is 1.00. The van der Waals surface area contributed by atoms with E-state index < -0.39 is 0 Å². The molecule has 0 aromatic carbocycles. The van der Waals surface area contributed by atoms with Crippen LogP contribution in [-0.2, 0) is 4.74 Å². The smallest absolute Gasteiger partial charge is 0.0543 e. The molecule has 0 saturated heterocycles. The molecule has 1 aliphatic rings. The Labute approximate surface area is 94.8 Å². The highest BCUT2D eigenvalue weighted by molar-refractivity contribution is 4.83. The van der Waals surface area contributed by atoms with E-state index in [2.05, 4.69) is 19.2 Å². The minimum atomic E-state index is 0.413. The van der Waals surface area contributed by atoms with Crippen molar-refractivity contribution >= 4 is 0 Å². The number of methoxy groups -OCH3 is 1. The van der Waals surface area contributed by atoms with E-state index in [1.807, 2.05) is 7.11 Å². The monoisotopic (exact) mass is 213 g/mol. The summed E-state index contributed by atoms with van der Waals surface area (Å²) < 4.78 is 5.31. The molecule has 0 aliphatic heterocycles. The van der Waals surface area contributed by atoms with Crippen LogP contribution < -0.4 is 5.32 Å². The summed E-state index contributed by atoms with van der Waals surface area (Å²) >= 11 is 0. The van der Waals surface area contributed by atoms with Gasteiger partial charge in [-0.3, -0.25) is 0 Å². The zero-order valence-electron chi connectivity index (χ0n) is 10.6. The Morgan fingerprint density at radius 2 is 2.07 bits per heavy atom. The number of nitrogens with one attached hydrogen (secondary N) is 1. The molecule has 2 unspecified atom stereocenters. The molecule has 1 N–H and O–H groups in total. The molecule has 0 aromatic heterocycles. The minimum Gasteiger partial charge on any atom is -0.382 e. The maximum Gasteiger partial charge on any atom is 0.0543 e. The fourth-order valence-electron chi connectivity index (χ4n) is 2.21. The predicted molar refractivity (Wildman–Crippen MR) is 65.1 cm³/mol. The molecule has 0 bridgehead atoms. The Morgan fingerprint density at radius 3 is 2.53 bits per heavy atom. The SMILES string of the molecule is CCCNC(CCC(C)OC)C1CCC1. The summed E-state index contributed by atoms with van der Waals surface area (Å²) in [5.74, 6) is 0.945. The van der Waals surface area contributed by atoms with Crippen molar-refractivity contribution in [3.63, 3.8) is 0 Å². The number of hydrogen-bond donors (Lipinski definition) is 1. The first-order valence-corrected chi connectivity index (χ1v) is 6.54. The van der Waals surface area contributed by atoms with Gasteiger partial charge >= 0.3 is 0 Å². The average Bonchev–Trinajstić information content (AvgIpc) is 2.18. The molecular formula is C13H27NO. The Balaban J connectivity index is 2.21. The summed E-state index contributed by atoms with van der Waals surface area (Å²) in [5, 5.41) is 3.70. The van der Waals surface area contributed by atoms with Crippen LogP contribution in [0, 0.1) is 5.92 Å². The van der Waals surface area contributed by atoms with Gasteiger partial charge in [-0.2, -0.15) is 0 Å². The molecule has 0 aromatic rings. The van der Waals surface area contributed by atoms with Gasteiger partial charge in [0.05, 0.1) is 6.10 Å². The quantitative estimate of drug-likeness (QED) is 0.669. The average molecular weight is 213 g/mol. The Bertz CT molecular complexity index is 157. The highest BCUT2D eigenvalue weighted by Gasteiger charge is 2.26. The molecule has 2 heteroatoms. The van der Waals surface area contributed by atoms with Crippen molar-refractivity contribution in [3.05, 3.63) is 0 Å². The molecule has 0 heterocycles. The molecular weight excluding hydrogens is 186 g/mol. The lowest BCUT2D eigenvalue weighted by atomic mass is 9.78. The van der Waals surface area contributed by atoms with Gasteiger partial charge in [-0.15, -0.1) is 0 Å². The lowest BCUT2D eigenvalue weighted by Crippen LogP contribution is -2.40. The van der Waals surface area contributed by atoms with Crippen molar-refractivity contribution in [1.82, 2.24) is 5.32 Å². The van der Waals surface area contributed by atoms with Crippen LogP contribution in [-0.4, -0.2) is 25.8 Å². The molecule has 0 radical (unpaired) electrons. The molecule has 2 nitrogen and oxygen atoms in total. The molecule has 1 aliphatic carbocycles. The second kappa shape index (κ2) is 7.24. The second-order valence-corrected chi connectivity index (χ2v) is 4.88. The van der Waals surface area contributed by atoms with Crippen LogP contribution in [0.5, 0.6) is 0 Å². The Hall–Kier alpha value is -0.0800. The van der Waals surface area contributed by atoms with Gasteiger partial charge in [-0.25, -0.2) is 0 Å². The maximum atomic E-state index is 5.31. The van der Waals surface area contributed by atoms with Gasteiger partial charge in [0.25, 0.3) is 0 Å². The van der Waals surface area contributed by atoms with Gasteiger partial charge in [0.1, 0.15) is 0 Å². The van der Waals surface area contributed by atoms with Gasteiger partial charge < -0.3 is 10.1 Å². The van der Waals surface area contributed by atoms with Crippen LogP contribution in [0.25, 0.3) is 0 Å². The summed E-state index contributed by atoms with van der Waals surface area (Å²) in [6, 6.07) is 0.747. The molecule has 90 valence electrons. The lowest BCUT2D eigenvalue weighted by molar-refractivity contribution is 0.0987. The number of hydrogen-bond acceptors (Lipinski definition) is 2. The predicted octanol–water partition coefficient (Wildman–Crippen LogP) is 2.97. The Morgan fingerprint density at radius 1 is 1.33 bits per heavy atom. The number of ether oxygens (including phenoxy) is 1. The molecule has 1 rings (SSSR count). The van der Waals surface area contributed by atoms with Crippen LogP contribution in [0.2, 0.25) is 0 Å². The molecule has 0 amide bonds. The van der Waals surface area contributed by atoms with E-state index in [0.29, 0.717) is 6.10 Å². The summed E-state index contributed by atoms with van der Waals surface area (Å²) in [7, 11) is 1.81. The van der Waals surface area contributed by atoms with Crippen molar-refractivity contribution in [1.29, 1.82) is 0 Å². The van der Waals surface area contributed by atoms with Gasteiger partial charge in [0.2, 0.25) is 0 Å². The van der Waals surface area contributed by atoms with Gasteiger partial charge in [0.15, 0.2) is 0 Å². The van der Waals surface area contributed by atoms with Crippen LogP contribution in [0.1, 0.15) is 52.4 Å². The van der Waals surface area contributed by atoms with Crippen LogP contribution in [0.4, 0.5) is 0 Å². The van der Waals surface area contributed by atoms with Crippen molar-refractivity contribution < 1.29 is 4.74 Å². The summed E-state index contributed by atoms with van der Waals surface area (Å²) in [6.45, 7) is 5.57. The molecule has 1 fully saturated rings.